The predicted octanol–water partition coefficient (Wildman–Crippen LogP) is 2.14. The van der Waals surface area contributed by atoms with Crippen LogP contribution in [0.1, 0.15) is 10.5 Å². The highest BCUT2D eigenvalue weighted by atomic mass is 16.4. The van der Waals surface area contributed by atoms with Crippen LogP contribution in [0.5, 0.6) is 0 Å². The van der Waals surface area contributed by atoms with E-state index in [0.717, 1.165) is 5.69 Å². The van der Waals surface area contributed by atoms with Crippen molar-refractivity contribution < 1.29 is 9.90 Å². The van der Waals surface area contributed by atoms with Crippen LogP contribution in [0, 0.1) is 0 Å². The molecule has 0 amide bonds. The van der Waals surface area contributed by atoms with Gasteiger partial charge in [0.2, 0.25) is 0 Å². The number of anilines is 1. The Kier molecular flexibility index (Phi) is 2.83. The number of imidazole rings is 1. The summed E-state index contributed by atoms with van der Waals surface area (Å²) in [5, 5.41) is 12.3. The van der Waals surface area contributed by atoms with Gasteiger partial charge in [-0.15, -0.1) is 0 Å². The Bertz CT molecular complexity index is 780. The van der Waals surface area contributed by atoms with Crippen molar-refractivity contribution >= 4 is 17.2 Å². The Morgan fingerprint density at radius 3 is 2.80 bits per heavy atom. The van der Waals surface area contributed by atoms with Crippen LogP contribution in [0.15, 0.2) is 42.7 Å². The summed E-state index contributed by atoms with van der Waals surface area (Å²) in [5.74, 6) is -0.544. The fourth-order valence-corrected chi connectivity index (χ4v) is 2.07. The molecule has 2 N–H and O–H groups in total. The first-order valence-electron chi connectivity index (χ1n) is 6.05. The van der Waals surface area contributed by atoms with Gasteiger partial charge >= 0.3 is 5.97 Å². The van der Waals surface area contributed by atoms with E-state index in [-0.39, 0.29) is 5.69 Å². The van der Waals surface area contributed by atoms with Crippen LogP contribution < -0.4 is 5.32 Å². The average molecular weight is 268 g/mol. The molecule has 0 aromatic carbocycles. The number of carboxylic acids is 1. The standard InChI is InChI=1S/C14H12N4O2/c1-15-9-5-6-11-12(14(19)20)17-13(18(11)8-9)10-4-2-3-7-16-10/h2-8,15H,1H3,(H,19,20). The summed E-state index contributed by atoms with van der Waals surface area (Å²) < 4.78 is 1.73. The first-order valence-corrected chi connectivity index (χ1v) is 6.05. The molecule has 100 valence electrons. The van der Waals surface area contributed by atoms with E-state index in [9.17, 15) is 9.90 Å². The Morgan fingerprint density at radius 2 is 2.15 bits per heavy atom. The lowest BCUT2D eigenvalue weighted by atomic mass is 10.3. The summed E-state index contributed by atoms with van der Waals surface area (Å²) in [6.45, 7) is 0. The number of carboxylic acid groups (broad SMARTS) is 1. The van der Waals surface area contributed by atoms with Gasteiger partial charge in [-0.25, -0.2) is 9.78 Å². The molecule has 3 aromatic rings. The van der Waals surface area contributed by atoms with E-state index in [1.165, 1.54) is 0 Å². The molecule has 6 heteroatoms. The quantitative estimate of drug-likeness (QED) is 0.760. The van der Waals surface area contributed by atoms with Crippen LogP contribution in [0.4, 0.5) is 5.69 Å². The van der Waals surface area contributed by atoms with Crippen molar-refractivity contribution in [2.75, 3.05) is 12.4 Å². The average Bonchev–Trinajstić information content (AvgIpc) is 2.87. The molecule has 3 heterocycles. The van der Waals surface area contributed by atoms with Crippen molar-refractivity contribution in [2.45, 2.75) is 0 Å². The maximum Gasteiger partial charge on any atom is 0.356 e. The molecule has 0 saturated carbocycles. The number of hydrogen-bond acceptors (Lipinski definition) is 4. The zero-order chi connectivity index (χ0) is 14.1. The second-order valence-corrected chi connectivity index (χ2v) is 4.23. The molecule has 0 saturated heterocycles. The van der Waals surface area contributed by atoms with E-state index in [2.05, 4.69) is 15.3 Å². The van der Waals surface area contributed by atoms with Crippen LogP contribution in [0.3, 0.4) is 0 Å². The fourth-order valence-electron chi connectivity index (χ4n) is 2.07. The SMILES string of the molecule is CNc1ccc2c(C(=O)O)nc(-c3ccccn3)n2c1. The molecular weight excluding hydrogens is 256 g/mol. The zero-order valence-corrected chi connectivity index (χ0v) is 10.7. The summed E-state index contributed by atoms with van der Waals surface area (Å²) in [5.41, 5.74) is 2.05. The third kappa shape index (κ3) is 1.87. The molecular formula is C14H12N4O2. The second-order valence-electron chi connectivity index (χ2n) is 4.23. The van der Waals surface area contributed by atoms with Crippen molar-refractivity contribution in [3.8, 4) is 11.5 Å². The number of aromatic nitrogens is 3. The minimum atomic E-state index is -1.05. The predicted molar refractivity (Wildman–Crippen MR) is 74.9 cm³/mol. The van der Waals surface area contributed by atoms with E-state index in [1.54, 1.807) is 42.0 Å². The summed E-state index contributed by atoms with van der Waals surface area (Å²) in [7, 11) is 1.80. The minimum absolute atomic E-state index is 0.0216. The molecule has 0 atom stereocenters. The lowest BCUT2D eigenvalue weighted by molar-refractivity contribution is 0.0693. The molecule has 3 rings (SSSR count). The number of carbonyl (C=O) groups is 1. The summed E-state index contributed by atoms with van der Waals surface area (Å²) in [4.78, 5) is 19.7. The summed E-state index contributed by atoms with van der Waals surface area (Å²) in [6, 6.07) is 8.98. The van der Waals surface area contributed by atoms with E-state index in [1.807, 2.05) is 12.1 Å². The molecule has 3 aromatic heterocycles. The lowest BCUT2D eigenvalue weighted by Gasteiger charge is -2.04. The summed E-state index contributed by atoms with van der Waals surface area (Å²) in [6.07, 6.45) is 3.46. The van der Waals surface area contributed by atoms with Crippen LogP contribution >= 0.6 is 0 Å². The Hall–Kier alpha value is -2.89. The van der Waals surface area contributed by atoms with E-state index >= 15 is 0 Å². The third-order valence-electron chi connectivity index (χ3n) is 3.02. The largest absolute Gasteiger partial charge is 0.476 e. The number of nitrogens with one attached hydrogen (secondary N) is 1. The van der Waals surface area contributed by atoms with Crippen LogP contribution in [-0.2, 0) is 0 Å². The Labute approximate surface area is 114 Å². The van der Waals surface area contributed by atoms with E-state index < -0.39 is 5.97 Å². The Morgan fingerprint density at radius 1 is 1.30 bits per heavy atom. The number of fused-ring (bicyclic) bond motifs is 1. The number of aromatic carboxylic acids is 1. The maximum absolute atomic E-state index is 11.3. The Balaban J connectivity index is 2.33. The van der Waals surface area contributed by atoms with Gasteiger partial charge in [-0.1, -0.05) is 6.07 Å². The molecule has 0 spiro atoms. The van der Waals surface area contributed by atoms with Crippen LogP contribution in [-0.4, -0.2) is 32.5 Å². The topological polar surface area (TPSA) is 79.5 Å². The van der Waals surface area contributed by atoms with Crippen molar-refractivity contribution in [2.24, 2.45) is 0 Å². The number of nitrogens with zero attached hydrogens (tertiary/aromatic N) is 3. The van der Waals surface area contributed by atoms with Gasteiger partial charge in [-0.3, -0.25) is 9.38 Å². The number of hydrogen-bond donors (Lipinski definition) is 2. The van der Waals surface area contributed by atoms with Gasteiger partial charge < -0.3 is 10.4 Å². The normalized spacial score (nSPS) is 10.7. The molecule has 0 aliphatic carbocycles. The molecule has 0 unspecified atom stereocenters. The van der Waals surface area contributed by atoms with Gasteiger partial charge in [0.05, 0.1) is 11.2 Å². The van der Waals surface area contributed by atoms with Crippen molar-refractivity contribution in [3.63, 3.8) is 0 Å². The molecule has 20 heavy (non-hydrogen) atoms. The third-order valence-corrected chi connectivity index (χ3v) is 3.02. The zero-order valence-electron chi connectivity index (χ0n) is 10.7. The second kappa shape index (κ2) is 4.65. The van der Waals surface area contributed by atoms with Gasteiger partial charge in [0, 0.05) is 19.4 Å². The smallest absolute Gasteiger partial charge is 0.356 e. The van der Waals surface area contributed by atoms with Crippen molar-refractivity contribution in [1.82, 2.24) is 14.4 Å². The van der Waals surface area contributed by atoms with Gasteiger partial charge in [-0.2, -0.15) is 0 Å². The molecule has 0 radical (unpaired) electrons. The van der Waals surface area contributed by atoms with Gasteiger partial charge in [0.25, 0.3) is 0 Å². The number of pyridine rings is 2. The number of rotatable bonds is 3. The summed E-state index contributed by atoms with van der Waals surface area (Å²) >= 11 is 0. The van der Waals surface area contributed by atoms with Gasteiger partial charge in [-0.05, 0) is 24.3 Å². The highest BCUT2D eigenvalue weighted by Crippen LogP contribution is 2.23. The van der Waals surface area contributed by atoms with Crippen LogP contribution in [0.25, 0.3) is 17.0 Å². The minimum Gasteiger partial charge on any atom is -0.476 e. The van der Waals surface area contributed by atoms with Crippen molar-refractivity contribution in [1.29, 1.82) is 0 Å². The first kappa shape index (κ1) is 12.2. The monoisotopic (exact) mass is 268 g/mol. The lowest BCUT2D eigenvalue weighted by Crippen LogP contribution is -1.97. The maximum atomic E-state index is 11.3. The van der Waals surface area contributed by atoms with Gasteiger partial charge in [0.1, 0.15) is 5.69 Å². The fraction of sp³-hybridized carbons (Fsp3) is 0.0714. The highest BCUT2D eigenvalue weighted by Gasteiger charge is 2.18. The molecule has 6 nitrogen and oxygen atoms in total. The molecule has 0 bridgehead atoms. The first-order chi connectivity index (χ1) is 9.70. The van der Waals surface area contributed by atoms with Crippen molar-refractivity contribution in [3.05, 3.63) is 48.4 Å². The molecule has 0 aliphatic heterocycles. The van der Waals surface area contributed by atoms with E-state index in [0.29, 0.717) is 17.0 Å². The van der Waals surface area contributed by atoms with E-state index in [4.69, 9.17) is 0 Å². The van der Waals surface area contributed by atoms with Gasteiger partial charge in [0.15, 0.2) is 11.5 Å². The molecule has 0 fully saturated rings. The highest BCUT2D eigenvalue weighted by molar-refractivity contribution is 5.95. The van der Waals surface area contributed by atoms with Crippen LogP contribution in [0.2, 0.25) is 0 Å². The molecule has 0 aliphatic rings.